The molecule has 0 unspecified atom stereocenters. The lowest BCUT2D eigenvalue weighted by Gasteiger charge is -2.48. The molecular weight excluding hydrogens is 272 g/mol. The second-order valence-corrected chi connectivity index (χ2v) is 7.87. The van der Waals surface area contributed by atoms with Crippen LogP contribution in [0.15, 0.2) is 34.9 Å². The Morgan fingerprint density at radius 2 is 1.82 bits per heavy atom. The Morgan fingerprint density at radius 1 is 1.23 bits per heavy atom. The summed E-state index contributed by atoms with van der Waals surface area (Å²) in [6.07, 6.45) is 7.09. The lowest BCUT2D eigenvalue weighted by molar-refractivity contribution is -0.143. The number of ketones is 2. The van der Waals surface area contributed by atoms with E-state index in [0.29, 0.717) is 5.92 Å². The van der Waals surface area contributed by atoms with Gasteiger partial charge in [0.1, 0.15) is 5.41 Å². The summed E-state index contributed by atoms with van der Waals surface area (Å²) in [6.45, 7) is 14.2. The predicted molar refractivity (Wildman–Crippen MR) is 90.4 cm³/mol. The molecule has 22 heavy (non-hydrogen) atoms. The van der Waals surface area contributed by atoms with Crippen LogP contribution in [0.3, 0.4) is 0 Å². The normalized spacial score (nSPS) is 35.6. The van der Waals surface area contributed by atoms with E-state index >= 15 is 0 Å². The maximum absolute atomic E-state index is 13.1. The topological polar surface area (TPSA) is 34.1 Å². The van der Waals surface area contributed by atoms with Gasteiger partial charge in [0.25, 0.3) is 0 Å². The van der Waals surface area contributed by atoms with Crippen molar-refractivity contribution in [3.63, 3.8) is 0 Å². The van der Waals surface area contributed by atoms with Crippen LogP contribution in [0.1, 0.15) is 54.9 Å². The molecule has 2 nitrogen and oxygen atoms in total. The van der Waals surface area contributed by atoms with E-state index in [1.54, 1.807) is 6.92 Å². The molecule has 2 aliphatic carbocycles. The zero-order valence-electron chi connectivity index (χ0n) is 14.9. The highest BCUT2D eigenvalue weighted by atomic mass is 16.2. The van der Waals surface area contributed by atoms with Crippen molar-refractivity contribution in [1.29, 1.82) is 0 Å². The average molecular weight is 300 g/mol. The van der Waals surface area contributed by atoms with Crippen LogP contribution in [0.4, 0.5) is 0 Å². The van der Waals surface area contributed by atoms with E-state index in [1.807, 2.05) is 26.0 Å². The van der Waals surface area contributed by atoms with E-state index in [4.69, 9.17) is 0 Å². The van der Waals surface area contributed by atoms with Crippen molar-refractivity contribution in [1.82, 2.24) is 0 Å². The number of carbonyl (C=O) groups excluding carboxylic acids is 2. The number of hydrogen-bond acceptors (Lipinski definition) is 2. The molecule has 2 rings (SSSR count). The number of fused-ring (bicyclic) bond motifs is 2. The van der Waals surface area contributed by atoms with E-state index in [9.17, 15) is 9.59 Å². The molecular formula is C20H28O2. The van der Waals surface area contributed by atoms with Crippen molar-refractivity contribution in [2.24, 2.45) is 22.7 Å². The van der Waals surface area contributed by atoms with Gasteiger partial charge in [-0.25, -0.2) is 0 Å². The molecule has 0 amide bonds. The maximum Gasteiger partial charge on any atom is 0.175 e. The van der Waals surface area contributed by atoms with Gasteiger partial charge in [0, 0.05) is 5.92 Å². The van der Waals surface area contributed by atoms with Crippen molar-refractivity contribution in [2.75, 3.05) is 0 Å². The first-order chi connectivity index (χ1) is 10.0. The van der Waals surface area contributed by atoms with Gasteiger partial charge >= 0.3 is 0 Å². The minimum Gasteiger partial charge on any atom is -0.297 e. The van der Waals surface area contributed by atoms with Crippen molar-refractivity contribution in [3.05, 3.63) is 34.9 Å². The minimum atomic E-state index is -0.980. The SMILES string of the molecule is CC1=C[C@@]2(C)C(=O)[C@](C)(C=C(C)[C@@H]2/C(C)=C/CC(C)C)C1=O. The van der Waals surface area contributed by atoms with E-state index < -0.39 is 10.8 Å². The fraction of sp³-hybridized carbons (Fsp3) is 0.600. The summed E-state index contributed by atoms with van der Waals surface area (Å²) in [4.78, 5) is 25.6. The first-order valence-corrected chi connectivity index (χ1v) is 8.19. The third-order valence-corrected chi connectivity index (χ3v) is 5.25. The maximum atomic E-state index is 13.1. The highest BCUT2D eigenvalue weighted by Crippen LogP contribution is 2.53. The molecule has 2 aliphatic rings. The molecule has 0 saturated carbocycles. The molecule has 0 radical (unpaired) electrons. The number of allylic oxidation sites excluding steroid dienone is 6. The Bertz CT molecular complexity index is 618. The van der Waals surface area contributed by atoms with Crippen molar-refractivity contribution >= 4 is 11.6 Å². The fourth-order valence-electron chi connectivity index (χ4n) is 4.38. The lowest BCUT2D eigenvalue weighted by Crippen LogP contribution is -2.54. The molecule has 2 heteroatoms. The Labute approximate surface area is 134 Å². The zero-order chi connectivity index (χ0) is 16.9. The monoisotopic (exact) mass is 300 g/mol. The minimum absolute atomic E-state index is 0.0448. The van der Waals surface area contributed by atoms with Crippen LogP contribution in [0.2, 0.25) is 0 Å². The van der Waals surface area contributed by atoms with Crippen molar-refractivity contribution in [2.45, 2.75) is 54.9 Å². The molecule has 0 N–H and O–H groups in total. The van der Waals surface area contributed by atoms with Crippen LogP contribution in [0, 0.1) is 22.7 Å². The summed E-state index contributed by atoms with van der Waals surface area (Å²) < 4.78 is 0. The average Bonchev–Trinajstić information content (AvgIpc) is 2.40. The Hall–Kier alpha value is -1.44. The smallest absolute Gasteiger partial charge is 0.175 e. The van der Waals surface area contributed by atoms with E-state index in [0.717, 1.165) is 17.6 Å². The third kappa shape index (κ3) is 2.33. The second kappa shape index (κ2) is 5.33. The number of Topliss-reactive ketones (excluding diaryl/α,β-unsaturated/α-hetero) is 2. The third-order valence-electron chi connectivity index (χ3n) is 5.25. The van der Waals surface area contributed by atoms with Gasteiger partial charge in [-0.3, -0.25) is 9.59 Å². The molecule has 0 aromatic rings. The predicted octanol–water partition coefficient (Wildman–Crippen LogP) is 4.67. The van der Waals surface area contributed by atoms with Crippen LogP contribution < -0.4 is 0 Å². The van der Waals surface area contributed by atoms with Crippen LogP contribution in [-0.4, -0.2) is 11.6 Å². The summed E-state index contributed by atoms with van der Waals surface area (Å²) in [5, 5.41) is 0. The molecule has 0 aliphatic heterocycles. The first kappa shape index (κ1) is 16.9. The second-order valence-electron chi connectivity index (χ2n) is 7.87. The summed E-state index contributed by atoms with van der Waals surface area (Å²) >= 11 is 0. The molecule has 120 valence electrons. The van der Waals surface area contributed by atoms with Gasteiger partial charge in [0.05, 0.1) is 5.41 Å². The molecule has 0 aromatic carbocycles. The molecule has 0 spiro atoms. The summed E-state index contributed by atoms with van der Waals surface area (Å²) in [5.41, 5.74) is 1.50. The molecule has 2 bridgehead atoms. The summed E-state index contributed by atoms with van der Waals surface area (Å²) in [7, 11) is 0. The molecule has 0 saturated heterocycles. The summed E-state index contributed by atoms with van der Waals surface area (Å²) in [6, 6.07) is 0. The lowest BCUT2D eigenvalue weighted by atomic mass is 9.52. The van der Waals surface area contributed by atoms with Gasteiger partial charge in [-0.15, -0.1) is 0 Å². The summed E-state index contributed by atoms with van der Waals surface area (Å²) in [5.74, 6) is 0.664. The zero-order valence-corrected chi connectivity index (χ0v) is 14.9. The largest absolute Gasteiger partial charge is 0.297 e. The molecule has 0 heterocycles. The molecule has 0 fully saturated rings. The number of carbonyl (C=O) groups is 2. The van der Waals surface area contributed by atoms with Gasteiger partial charge in [0.15, 0.2) is 11.6 Å². The van der Waals surface area contributed by atoms with Crippen LogP contribution in [0.25, 0.3) is 0 Å². The first-order valence-electron chi connectivity index (χ1n) is 8.19. The van der Waals surface area contributed by atoms with E-state index in [2.05, 4.69) is 33.8 Å². The van der Waals surface area contributed by atoms with Gasteiger partial charge in [-0.05, 0) is 52.5 Å². The highest BCUT2D eigenvalue weighted by molar-refractivity contribution is 6.21. The van der Waals surface area contributed by atoms with E-state index in [-0.39, 0.29) is 17.5 Å². The van der Waals surface area contributed by atoms with E-state index in [1.165, 1.54) is 5.57 Å². The molecule has 3 atom stereocenters. The van der Waals surface area contributed by atoms with Crippen molar-refractivity contribution < 1.29 is 9.59 Å². The highest BCUT2D eigenvalue weighted by Gasteiger charge is 2.57. The van der Waals surface area contributed by atoms with Gasteiger partial charge in [-0.2, -0.15) is 0 Å². The van der Waals surface area contributed by atoms with Gasteiger partial charge in [-0.1, -0.05) is 43.2 Å². The Kier molecular flexibility index (Phi) is 4.10. The Morgan fingerprint density at radius 3 is 2.36 bits per heavy atom. The quantitative estimate of drug-likeness (QED) is 0.561. The number of hydrogen-bond donors (Lipinski definition) is 0. The van der Waals surface area contributed by atoms with Crippen molar-refractivity contribution in [3.8, 4) is 0 Å². The van der Waals surface area contributed by atoms with Crippen LogP contribution >= 0.6 is 0 Å². The Balaban J connectivity index is 2.59. The van der Waals surface area contributed by atoms with Crippen LogP contribution in [-0.2, 0) is 9.59 Å². The van der Waals surface area contributed by atoms with Gasteiger partial charge < -0.3 is 0 Å². The molecule has 0 aromatic heterocycles. The van der Waals surface area contributed by atoms with Gasteiger partial charge in [0.2, 0.25) is 0 Å². The fourth-order valence-corrected chi connectivity index (χ4v) is 4.38. The number of rotatable bonds is 3. The van der Waals surface area contributed by atoms with Crippen LogP contribution in [0.5, 0.6) is 0 Å². The standard InChI is InChI=1S/C20H28O2/c1-12(2)8-9-13(3)16-14(4)10-20(7)17(21)15(5)11-19(16,6)18(20)22/h9-12,16H,8H2,1-7H3/b13-9+/t16-,19+,20+/m0/s1.